The molecule has 0 aromatic carbocycles. The molecule has 0 saturated carbocycles. The van der Waals surface area contributed by atoms with Gasteiger partial charge in [0.15, 0.2) is 0 Å². The average Bonchev–Trinajstić information content (AvgIpc) is 2.95. The monoisotopic (exact) mass is 331 g/mol. The van der Waals surface area contributed by atoms with Crippen molar-refractivity contribution >= 4 is 21.4 Å². The van der Waals surface area contributed by atoms with E-state index < -0.39 is 10.0 Å². The number of hydrogen-bond donors (Lipinski definition) is 1. The summed E-state index contributed by atoms with van der Waals surface area (Å²) < 4.78 is 27.6. The molecule has 1 aliphatic rings. The zero-order valence-electron chi connectivity index (χ0n) is 13.0. The number of thiophene rings is 1. The van der Waals surface area contributed by atoms with Gasteiger partial charge in [-0.3, -0.25) is 0 Å². The molecule has 2 rings (SSSR count). The Hall–Kier alpha value is -0.470. The van der Waals surface area contributed by atoms with Crippen LogP contribution in [0.15, 0.2) is 16.3 Å². The Balaban J connectivity index is 2.12. The van der Waals surface area contributed by atoms with E-state index in [0.29, 0.717) is 23.3 Å². The number of piperazine rings is 1. The van der Waals surface area contributed by atoms with Gasteiger partial charge >= 0.3 is 0 Å². The van der Waals surface area contributed by atoms with E-state index in [1.54, 1.807) is 10.4 Å². The summed E-state index contributed by atoms with van der Waals surface area (Å²) in [6.07, 6.45) is 0.971. The van der Waals surface area contributed by atoms with Gasteiger partial charge in [0.1, 0.15) is 4.21 Å². The van der Waals surface area contributed by atoms with Crippen molar-refractivity contribution in [3.63, 3.8) is 0 Å². The molecule has 2 heterocycles. The van der Waals surface area contributed by atoms with Gasteiger partial charge in [0.25, 0.3) is 10.0 Å². The third kappa shape index (κ3) is 3.84. The zero-order chi connectivity index (χ0) is 15.5. The van der Waals surface area contributed by atoms with E-state index in [0.717, 1.165) is 30.9 Å². The highest BCUT2D eigenvalue weighted by atomic mass is 32.2. The van der Waals surface area contributed by atoms with Crippen LogP contribution in [0.3, 0.4) is 0 Å². The van der Waals surface area contributed by atoms with Crippen molar-refractivity contribution < 1.29 is 8.42 Å². The van der Waals surface area contributed by atoms with Crippen LogP contribution in [-0.4, -0.2) is 56.9 Å². The Kier molecular flexibility index (Phi) is 5.79. The zero-order valence-corrected chi connectivity index (χ0v) is 14.6. The van der Waals surface area contributed by atoms with E-state index >= 15 is 0 Å². The lowest BCUT2D eigenvalue weighted by molar-refractivity contribution is 0.144. The quantitative estimate of drug-likeness (QED) is 0.860. The van der Waals surface area contributed by atoms with Gasteiger partial charge in [-0.25, -0.2) is 8.42 Å². The van der Waals surface area contributed by atoms with Gasteiger partial charge in [0.2, 0.25) is 0 Å². The van der Waals surface area contributed by atoms with Crippen LogP contribution in [0.25, 0.3) is 0 Å². The molecule has 0 bridgehead atoms. The fraction of sp³-hybridized carbons (Fsp3) is 0.714. The van der Waals surface area contributed by atoms with Gasteiger partial charge in [-0.15, -0.1) is 11.3 Å². The fourth-order valence-electron chi connectivity index (χ4n) is 2.54. The maximum absolute atomic E-state index is 12.7. The van der Waals surface area contributed by atoms with Crippen LogP contribution >= 0.6 is 11.3 Å². The minimum atomic E-state index is -3.34. The van der Waals surface area contributed by atoms with Crippen molar-refractivity contribution in [3.05, 3.63) is 17.0 Å². The predicted molar refractivity (Wildman–Crippen MR) is 87.2 cm³/mol. The molecular weight excluding hydrogens is 306 g/mol. The van der Waals surface area contributed by atoms with Crippen molar-refractivity contribution in [2.24, 2.45) is 0 Å². The molecule has 1 aliphatic heterocycles. The molecule has 0 spiro atoms. The SMILES string of the molecule is CCNCc1ccc(S(=O)(=O)N2CCN(C)C(CC)C2)s1. The number of nitrogens with zero attached hydrogens (tertiary/aromatic N) is 2. The minimum Gasteiger partial charge on any atom is -0.312 e. The lowest BCUT2D eigenvalue weighted by Gasteiger charge is -2.38. The fourth-order valence-corrected chi connectivity index (χ4v) is 5.49. The van der Waals surface area contributed by atoms with E-state index in [9.17, 15) is 8.42 Å². The molecule has 120 valence electrons. The Labute approximate surface area is 132 Å². The molecule has 1 N–H and O–H groups in total. The summed E-state index contributed by atoms with van der Waals surface area (Å²) in [6, 6.07) is 3.97. The molecule has 21 heavy (non-hydrogen) atoms. The molecule has 7 heteroatoms. The first-order valence-corrected chi connectivity index (χ1v) is 9.74. The molecule has 0 radical (unpaired) electrons. The molecule has 1 saturated heterocycles. The van der Waals surface area contributed by atoms with E-state index in [2.05, 4.69) is 24.2 Å². The molecule has 0 aliphatic carbocycles. The number of rotatable bonds is 6. The van der Waals surface area contributed by atoms with Crippen LogP contribution in [0.1, 0.15) is 25.1 Å². The maximum atomic E-state index is 12.7. The van der Waals surface area contributed by atoms with Crippen molar-refractivity contribution in [1.82, 2.24) is 14.5 Å². The van der Waals surface area contributed by atoms with Gasteiger partial charge in [-0.05, 0) is 32.1 Å². The van der Waals surface area contributed by atoms with Crippen molar-refractivity contribution in [3.8, 4) is 0 Å². The van der Waals surface area contributed by atoms with Crippen molar-refractivity contribution in [1.29, 1.82) is 0 Å². The summed E-state index contributed by atoms with van der Waals surface area (Å²) in [5.41, 5.74) is 0. The van der Waals surface area contributed by atoms with Crippen LogP contribution in [0.5, 0.6) is 0 Å². The number of sulfonamides is 1. The Morgan fingerprint density at radius 2 is 2.10 bits per heavy atom. The standard InChI is InChI=1S/C14H25N3O2S2/c1-4-12-11-17(9-8-16(12)3)21(18,19)14-7-6-13(20-14)10-15-5-2/h6-7,12,15H,4-5,8-11H2,1-3H3. The van der Waals surface area contributed by atoms with Crippen LogP contribution in [0.4, 0.5) is 0 Å². The second-order valence-corrected chi connectivity index (χ2v) is 8.74. The molecule has 1 aromatic heterocycles. The Bertz CT molecular complexity index is 556. The highest BCUT2D eigenvalue weighted by Crippen LogP contribution is 2.26. The van der Waals surface area contributed by atoms with E-state index in [1.807, 2.05) is 13.0 Å². The van der Waals surface area contributed by atoms with Crippen LogP contribution in [-0.2, 0) is 16.6 Å². The van der Waals surface area contributed by atoms with Gasteiger partial charge in [-0.1, -0.05) is 13.8 Å². The first-order chi connectivity index (χ1) is 9.98. The normalized spacial score (nSPS) is 21.8. The summed E-state index contributed by atoms with van der Waals surface area (Å²) in [5.74, 6) is 0. The predicted octanol–water partition coefficient (Wildman–Crippen LogP) is 1.57. The summed E-state index contributed by atoms with van der Waals surface area (Å²) in [4.78, 5) is 3.31. The third-order valence-corrected chi connectivity index (χ3v) is 7.41. The summed E-state index contributed by atoms with van der Waals surface area (Å²) in [5, 5.41) is 3.23. The maximum Gasteiger partial charge on any atom is 0.252 e. The van der Waals surface area contributed by atoms with E-state index in [1.165, 1.54) is 11.3 Å². The Morgan fingerprint density at radius 3 is 2.76 bits per heavy atom. The third-order valence-electron chi connectivity index (χ3n) is 3.99. The average molecular weight is 332 g/mol. The highest BCUT2D eigenvalue weighted by Gasteiger charge is 2.32. The first-order valence-electron chi connectivity index (χ1n) is 7.48. The summed E-state index contributed by atoms with van der Waals surface area (Å²) >= 11 is 1.38. The van der Waals surface area contributed by atoms with E-state index in [4.69, 9.17) is 0 Å². The Morgan fingerprint density at radius 1 is 1.33 bits per heavy atom. The molecule has 0 amide bonds. The molecule has 5 nitrogen and oxygen atoms in total. The number of nitrogens with one attached hydrogen (secondary N) is 1. The number of hydrogen-bond acceptors (Lipinski definition) is 5. The summed E-state index contributed by atoms with van der Waals surface area (Å²) in [6.45, 7) is 7.74. The second-order valence-electron chi connectivity index (χ2n) is 5.41. The van der Waals surface area contributed by atoms with Gasteiger partial charge in [0, 0.05) is 37.1 Å². The van der Waals surface area contributed by atoms with Crippen LogP contribution < -0.4 is 5.32 Å². The van der Waals surface area contributed by atoms with Crippen molar-refractivity contribution in [2.75, 3.05) is 33.2 Å². The van der Waals surface area contributed by atoms with Crippen LogP contribution in [0, 0.1) is 0 Å². The number of likely N-dealkylation sites (N-methyl/N-ethyl adjacent to an activating group) is 1. The second kappa shape index (κ2) is 7.19. The minimum absolute atomic E-state index is 0.315. The van der Waals surface area contributed by atoms with E-state index in [-0.39, 0.29) is 0 Å². The van der Waals surface area contributed by atoms with Crippen LogP contribution in [0.2, 0.25) is 0 Å². The molecule has 1 fully saturated rings. The summed E-state index contributed by atoms with van der Waals surface area (Å²) in [7, 11) is -1.27. The van der Waals surface area contributed by atoms with Gasteiger partial charge < -0.3 is 10.2 Å². The molecular formula is C14H25N3O2S2. The largest absolute Gasteiger partial charge is 0.312 e. The lowest BCUT2D eigenvalue weighted by atomic mass is 10.1. The topological polar surface area (TPSA) is 52.7 Å². The first kappa shape index (κ1) is 16.9. The van der Waals surface area contributed by atoms with Gasteiger partial charge in [-0.2, -0.15) is 4.31 Å². The molecule has 1 unspecified atom stereocenters. The van der Waals surface area contributed by atoms with Crippen molar-refractivity contribution in [2.45, 2.75) is 37.1 Å². The molecule has 1 atom stereocenters. The lowest BCUT2D eigenvalue weighted by Crippen LogP contribution is -2.52. The molecule has 1 aromatic rings. The highest BCUT2D eigenvalue weighted by molar-refractivity contribution is 7.91. The smallest absolute Gasteiger partial charge is 0.252 e. The van der Waals surface area contributed by atoms with Gasteiger partial charge in [0.05, 0.1) is 0 Å².